The average molecular weight is 423 g/mol. The number of anilines is 2. The molecular formula is C21H22N6O2S. The van der Waals surface area contributed by atoms with Gasteiger partial charge in [-0.05, 0) is 35.2 Å². The summed E-state index contributed by atoms with van der Waals surface area (Å²) in [5, 5.41) is 4.50. The number of methoxy groups -OCH3 is 1. The van der Waals surface area contributed by atoms with E-state index in [-0.39, 0.29) is 6.03 Å². The zero-order chi connectivity index (χ0) is 20.8. The number of carbonyl (C=O) groups excluding carboxylic acids is 1. The molecule has 0 spiro atoms. The van der Waals surface area contributed by atoms with Crippen molar-refractivity contribution < 1.29 is 9.53 Å². The van der Waals surface area contributed by atoms with Crippen LogP contribution >= 0.6 is 11.3 Å². The number of carbonyl (C=O) groups is 1. The number of benzene rings is 1. The summed E-state index contributed by atoms with van der Waals surface area (Å²) in [4.78, 5) is 31.4. The van der Waals surface area contributed by atoms with E-state index in [1.807, 2.05) is 17.2 Å². The maximum Gasteiger partial charge on any atom is 0.319 e. The Hall–Kier alpha value is -3.20. The lowest BCUT2D eigenvalue weighted by molar-refractivity contribution is 0.166. The van der Waals surface area contributed by atoms with Crippen molar-refractivity contribution in [1.82, 2.24) is 19.8 Å². The Labute approximate surface area is 178 Å². The molecule has 4 heterocycles. The molecule has 0 radical (unpaired) electrons. The van der Waals surface area contributed by atoms with Crippen LogP contribution in [0.5, 0.6) is 5.75 Å². The molecule has 0 unspecified atom stereocenters. The summed E-state index contributed by atoms with van der Waals surface area (Å²) in [6, 6.07) is 4.11. The maximum atomic E-state index is 12.4. The number of hydrogen-bond donors (Lipinski definition) is 1. The number of ether oxygens (including phenoxy) is 1. The van der Waals surface area contributed by atoms with Gasteiger partial charge in [0.1, 0.15) is 22.7 Å². The highest BCUT2D eigenvalue weighted by atomic mass is 32.1. The lowest BCUT2D eigenvalue weighted by Crippen LogP contribution is -2.41. The molecule has 2 amide bonds. The normalized spacial score (nSPS) is 14.6. The number of aromatic nitrogens is 2. The standard InChI is InChI=1S/C21H22N6O2S/c1-26(2)21(28)27-5-4-14-17(10-27)30-20-18(14)19(23-11-24-20)25-15-6-12-8-22-9-13(12)7-16(15)29-3/h6-8,11H,4-5,9-10H2,1-3H3,(H,23,24,25). The lowest BCUT2D eigenvalue weighted by Gasteiger charge is -2.29. The number of aliphatic imine (C=N–C) groups is 1. The Bertz CT molecular complexity index is 1190. The quantitative estimate of drug-likeness (QED) is 0.699. The van der Waals surface area contributed by atoms with E-state index in [4.69, 9.17) is 4.74 Å². The topological polar surface area (TPSA) is 82.9 Å². The third-order valence-electron chi connectivity index (χ3n) is 5.50. The van der Waals surface area contributed by atoms with Crippen LogP contribution in [-0.4, -0.2) is 59.8 Å². The van der Waals surface area contributed by atoms with Crippen molar-refractivity contribution in [2.45, 2.75) is 19.5 Å². The first kappa shape index (κ1) is 18.8. The number of thiophene rings is 1. The van der Waals surface area contributed by atoms with Crippen LogP contribution in [0.3, 0.4) is 0 Å². The van der Waals surface area contributed by atoms with E-state index in [0.717, 1.165) is 45.0 Å². The summed E-state index contributed by atoms with van der Waals surface area (Å²) in [5.74, 6) is 1.52. The Morgan fingerprint density at radius 2 is 2.17 bits per heavy atom. The van der Waals surface area contributed by atoms with Gasteiger partial charge in [-0.3, -0.25) is 4.99 Å². The number of amides is 2. The minimum absolute atomic E-state index is 0.0343. The number of hydrogen-bond acceptors (Lipinski definition) is 7. The Kier molecular flexibility index (Phi) is 4.54. The molecule has 0 atom stereocenters. The highest BCUT2D eigenvalue weighted by Gasteiger charge is 2.27. The summed E-state index contributed by atoms with van der Waals surface area (Å²) >= 11 is 1.63. The maximum absolute atomic E-state index is 12.4. The Morgan fingerprint density at radius 1 is 1.30 bits per heavy atom. The number of urea groups is 1. The zero-order valence-corrected chi connectivity index (χ0v) is 17.9. The Balaban J connectivity index is 1.53. The van der Waals surface area contributed by atoms with E-state index in [0.29, 0.717) is 19.6 Å². The molecule has 5 rings (SSSR count). The van der Waals surface area contributed by atoms with Crippen LogP contribution in [0.2, 0.25) is 0 Å². The summed E-state index contributed by atoms with van der Waals surface area (Å²) in [5.41, 5.74) is 4.32. The van der Waals surface area contributed by atoms with Gasteiger partial charge in [0.25, 0.3) is 0 Å². The van der Waals surface area contributed by atoms with Gasteiger partial charge in [-0.25, -0.2) is 14.8 Å². The number of nitrogens with zero attached hydrogens (tertiary/aromatic N) is 5. The molecule has 0 saturated carbocycles. The van der Waals surface area contributed by atoms with Crippen molar-refractivity contribution >= 4 is 45.3 Å². The van der Waals surface area contributed by atoms with Gasteiger partial charge >= 0.3 is 6.03 Å². The summed E-state index contributed by atoms with van der Waals surface area (Å²) < 4.78 is 5.60. The van der Waals surface area contributed by atoms with Crippen LogP contribution < -0.4 is 10.1 Å². The molecule has 0 saturated heterocycles. The third-order valence-corrected chi connectivity index (χ3v) is 6.62. The largest absolute Gasteiger partial charge is 0.495 e. The van der Waals surface area contributed by atoms with Crippen molar-refractivity contribution in [3.8, 4) is 5.75 Å². The summed E-state index contributed by atoms with van der Waals surface area (Å²) in [6.07, 6.45) is 4.25. The molecule has 1 aromatic carbocycles. The van der Waals surface area contributed by atoms with Gasteiger partial charge in [0.05, 0.1) is 31.3 Å². The first-order valence-corrected chi connectivity index (χ1v) is 10.6. The van der Waals surface area contributed by atoms with E-state index in [1.165, 1.54) is 10.4 Å². The van der Waals surface area contributed by atoms with E-state index in [1.54, 1.807) is 43.8 Å². The first-order valence-electron chi connectivity index (χ1n) is 9.74. The molecule has 0 fully saturated rings. The zero-order valence-electron chi connectivity index (χ0n) is 17.1. The molecule has 154 valence electrons. The van der Waals surface area contributed by atoms with Gasteiger partial charge in [0.2, 0.25) is 0 Å². The summed E-state index contributed by atoms with van der Waals surface area (Å²) in [6.45, 7) is 1.97. The van der Waals surface area contributed by atoms with Crippen LogP contribution in [0.1, 0.15) is 21.6 Å². The van der Waals surface area contributed by atoms with Gasteiger partial charge in [0, 0.05) is 31.7 Å². The van der Waals surface area contributed by atoms with Gasteiger partial charge in [-0.2, -0.15) is 0 Å². The highest BCUT2D eigenvalue weighted by molar-refractivity contribution is 7.19. The van der Waals surface area contributed by atoms with Crippen LogP contribution in [0.4, 0.5) is 16.3 Å². The highest BCUT2D eigenvalue weighted by Crippen LogP contribution is 2.40. The molecule has 0 bridgehead atoms. The molecular weight excluding hydrogens is 400 g/mol. The fourth-order valence-corrected chi connectivity index (χ4v) is 5.20. The molecule has 1 N–H and O–H groups in total. The van der Waals surface area contributed by atoms with Crippen LogP contribution in [0.25, 0.3) is 10.2 Å². The summed E-state index contributed by atoms with van der Waals surface area (Å²) in [7, 11) is 5.23. The molecule has 8 nitrogen and oxygen atoms in total. The van der Waals surface area contributed by atoms with Gasteiger partial charge in [-0.1, -0.05) is 0 Å². The van der Waals surface area contributed by atoms with E-state index >= 15 is 0 Å². The van der Waals surface area contributed by atoms with E-state index in [9.17, 15) is 4.79 Å². The van der Waals surface area contributed by atoms with E-state index in [2.05, 4.69) is 26.3 Å². The molecule has 3 aromatic rings. The average Bonchev–Trinajstić information content (AvgIpc) is 3.35. The van der Waals surface area contributed by atoms with Crippen LogP contribution in [-0.2, 0) is 19.5 Å². The monoisotopic (exact) mass is 422 g/mol. The second kappa shape index (κ2) is 7.24. The molecule has 2 aliphatic rings. The lowest BCUT2D eigenvalue weighted by atomic mass is 10.0. The number of fused-ring (bicyclic) bond motifs is 4. The first-order chi connectivity index (χ1) is 14.5. The molecule has 9 heteroatoms. The Morgan fingerprint density at radius 3 is 2.97 bits per heavy atom. The van der Waals surface area contributed by atoms with Gasteiger partial charge in [0.15, 0.2) is 0 Å². The third kappa shape index (κ3) is 3.06. The van der Waals surface area contributed by atoms with Crippen LogP contribution in [0.15, 0.2) is 23.5 Å². The number of rotatable bonds is 3. The predicted molar refractivity (Wildman–Crippen MR) is 118 cm³/mol. The fraction of sp³-hybridized carbons (Fsp3) is 0.333. The molecule has 2 aliphatic heterocycles. The second-order valence-electron chi connectivity index (χ2n) is 7.60. The predicted octanol–water partition coefficient (Wildman–Crippen LogP) is 3.42. The van der Waals surface area contributed by atoms with Crippen molar-refractivity contribution in [2.24, 2.45) is 4.99 Å². The minimum Gasteiger partial charge on any atom is -0.495 e. The minimum atomic E-state index is 0.0343. The van der Waals surface area contributed by atoms with Crippen LogP contribution in [0, 0.1) is 0 Å². The van der Waals surface area contributed by atoms with Gasteiger partial charge in [-0.15, -0.1) is 11.3 Å². The van der Waals surface area contributed by atoms with Gasteiger partial charge < -0.3 is 19.9 Å². The number of nitrogens with one attached hydrogen (secondary N) is 1. The molecule has 30 heavy (non-hydrogen) atoms. The van der Waals surface area contributed by atoms with Crippen molar-refractivity contribution in [2.75, 3.05) is 33.1 Å². The van der Waals surface area contributed by atoms with Crippen molar-refractivity contribution in [3.05, 3.63) is 40.0 Å². The smallest absolute Gasteiger partial charge is 0.319 e. The second-order valence-corrected chi connectivity index (χ2v) is 8.68. The molecule has 2 aromatic heterocycles. The van der Waals surface area contributed by atoms with Crippen molar-refractivity contribution in [3.63, 3.8) is 0 Å². The SMILES string of the molecule is COc1cc2c(cc1Nc1ncnc3sc4c(c13)CCN(C(=O)N(C)C)C4)C=NC2. The van der Waals surface area contributed by atoms with Crippen molar-refractivity contribution in [1.29, 1.82) is 0 Å². The molecule has 0 aliphatic carbocycles. The van der Waals surface area contributed by atoms with E-state index < -0.39 is 0 Å². The fourth-order valence-electron chi connectivity index (χ4n) is 4.00.